The molecule has 0 spiro atoms. The molecule has 0 aliphatic heterocycles. The van der Waals surface area contributed by atoms with Crippen molar-refractivity contribution in [3.63, 3.8) is 0 Å². The molecule has 1 rings (SSSR count). The van der Waals surface area contributed by atoms with Crippen molar-refractivity contribution in [1.29, 1.82) is 0 Å². The molecule has 32 heavy (non-hydrogen) atoms. The minimum absolute atomic E-state index is 0.0440. The summed E-state index contributed by atoms with van der Waals surface area (Å²) < 4.78 is 11.4. The average molecular weight is 475 g/mol. The Labute approximate surface area is 201 Å². The summed E-state index contributed by atoms with van der Waals surface area (Å²) in [6, 6.07) is 7.76. The molecule has 0 amide bonds. The third kappa shape index (κ3) is 8.51. The van der Waals surface area contributed by atoms with E-state index in [-0.39, 0.29) is 65.0 Å². The van der Waals surface area contributed by atoms with E-state index in [9.17, 15) is 9.59 Å². The highest BCUT2D eigenvalue weighted by Crippen LogP contribution is 2.41. The predicted molar refractivity (Wildman–Crippen MR) is 134 cm³/mol. The quantitative estimate of drug-likeness (QED) is 0.562. The maximum Gasteiger partial charge on any atom is 0.355 e. The summed E-state index contributed by atoms with van der Waals surface area (Å²) in [6.07, 6.45) is 0. The third-order valence-corrected chi connectivity index (χ3v) is 7.10. The van der Waals surface area contributed by atoms with Crippen molar-refractivity contribution in [1.82, 2.24) is 0 Å². The molecule has 0 aliphatic carbocycles. The van der Waals surface area contributed by atoms with E-state index in [0.717, 1.165) is 10.4 Å². The lowest BCUT2D eigenvalue weighted by Crippen LogP contribution is -2.41. The zero-order chi connectivity index (χ0) is 25.1. The second kappa shape index (κ2) is 10.2. The number of rotatable bonds is 6. The molecule has 0 saturated carbocycles. The summed E-state index contributed by atoms with van der Waals surface area (Å²) in [6.45, 7) is 24.9. The summed E-state index contributed by atoms with van der Waals surface area (Å²) in [5, 5.41) is 1.89. The first-order valence-corrected chi connectivity index (χ1v) is 13.1. The first-order valence-electron chi connectivity index (χ1n) is 11.3. The van der Waals surface area contributed by atoms with Gasteiger partial charge in [-0.25, -0.2) is 0 Å². The summed E-state index contributed by atoms with van der Waals surface area (Å²) in [5.74, 6) is -0.695. The van der Waals surface area contributed by atoms with Gasteiger partial charge in [0.15, 0.2) is 0 Å². The fraction of sp³-hybridized carbons (Fsp3) is 0.692. The molecule has 0 bridgehead atoms. The fourth-order valence-corrected chi connectivity index (χ4v) is 6.23. The largest absolute Gasteiger partial charge is 0.511 e. The van der Waals surface area contributed by atoms with E-state index in [1.807, 2.05) is 24.3 Å². The molecule has 0 saturated heterocycles. The van der Waals surface area contributed by atoms with E-state index in [0.29, 0.717) is 0 Å². The van der Waals surface area contributed by atoms with Gasteiger partial charge in [-0.1, -0.05) is 107 Å². The molecule has 1 aromatic rings. The highest BCUT2D eigenvalue weighted by Gasteiger charge is 2.42. The van der Waals surface area contributed by atoms with Crippen LogP contribution in [-0.2, 0) is 18.4 Å². The van der Waals surface area contributed by atoms with Crippen LogP contribution in [0.2, 0.25) is 0 Å². The van der Waals surface area contributed by atoms with Gasteiger partial charge in [0.25, 0.3) is 11.9 Å². The van der Waals surface area contributed by atoms with E-state index in [1.165, 1.54) is 0 Å². The highest BCUT2D eigenvalue weighted by atomic mass is 28.2. The van der Waals surface area contributed by atoms with Gasteiger partial charge in [0.1, 0.15) is 0 Å². The topological polar surface area (TPSA) is 52.6 Å². The van der Waals surface area contributed by atoms with Gasteiger partial charge in [0, 0.05) is 0 Å². The summed E-state index contributed by atoms with van der Waals surface area (Å²) in [4.78, 5) is 25.6. The Balaban J connectivity index is 2.75. The lowest BCUT2D eigenvalue weighted by atomic mass is 9.67. The average Bonchev–Trinajstić information content (AvgIpc) is 2.53. The van der Waals surface area contributed by atoms with Crippen molar-refractivity contribution in [2.75, 3.05) is 0 Å². The van der Waals surface area contributed by atoms with Crippen molar-refractivity contribution in [3.8, 4) is 0 Å². The minimum Gasteiger partial charge on any atom is -0.511 e. The number of carbonyl (C=O) groups is 2. The van der Waals surface area contributed by atoms with Crippen LogP contribution in [0.5, 0.6) is 0 Å². The van der Waals surface area contributed by atoms with E-state index in [2.05, 4.69) is 83.1 Å². The Hall–Kier alpha value is -1.41. The van der Waals surface area contributed by atoms with Gasteiger partial charge in [0.2, 0.25) is 0 Å². The zero-order valence-corrected chi connectivity index (χ0v) is 24.1. The van der Waals surface area contributed by atoms with Gasteiger partial charge in [-0.05, 0) is 32.0 Å². The molecule has 6 heteroatoms. The zero-order valence-electron chi connectivity index (χ0n) is 22.1. The van der Waals surface area contributed by atoms with E-state index in [1.54, 1.807) is 0 Å². The summed E-state index contributed by atoms with van der Waals surface area (Å²) >= 11 is 0. The van der Waals surface area contributed by atoms with E-state index < -0.39 is 0 Å². The molecule has 0 unspecified atom stereocenters. The first kappa shape index (κ1) is 28.6. The van der Waals surface area contributed by atoms with Gasteiger partial charge in [-0.2, -0.15) is 0 Å². The van der Waals surface area contributed by atoms with Crippen molar-refractivity contribution in [2.24, 2.45) is 33.5 Å². The van der Waals surface area contributed by atoms with Gasteiger partial charge in [-0.15, -0.1) is 0 Å². The third-order valence-electron chi connectivity index (χ3n) is 5.36. The molecule has 0 atom stereocenters. The molecule has 1 aromatic carbocycles. The number of hydrogen-bond acceptors (Lipinski definition) is 4. The Morgan fingerprint density at radius 3 is 0.969 bits per heavy atom. The van der Waals surface area contributed by atoms with Crippen LogP contribution in [-0.4, -0.2) is 31.5 Å². The molecule has 4 nitrogen and oxygen atoms in total. The van der Waals surface area contributed by atoms with Gasteiger partial charge < -0.3 is 8.85 Å². The Morgan fingerprint density at radius 1 is 0.562 bits per heavy atom. The minimum atomic E-state index is -0.193. The molecule has 0 heterocycles. The van der Waals surface area contributed by atoms with Crippen LogP contribution >= 0.6 is 0 Å². The molecule has 0 aromatic heterocycles. The van der Waals surface area contributed by atoms with Crippen molar-refractivity contribution < 1.29 is 18.4 Å². The maximum absolute atomic E-state index is 12.8. The van der Waals surface area contributed by atoms with Crippen LogP contribution in [0.4, 0.5) is 0 Å². The Bertz CT molecular complexity index is 678. The van der Waals surface area contributed by atoms with Crippen LogP contribution in [0.1, 0.15) is 83.1 Å². The van der Waals surface area contributed by atoms with Crippen LogP contribution in [0.3, 0.4) is 0 Å². The second-order valence-electron chi connectivity index (χ2n) is 13.0. The standard InChI is InChI=1S/C26H42O4Si2/c1-23(2,3)19(24(4,5)6)21(27)29-31-17-13-15-18(16-14-17)32-30-22(28)20(25(7,8)9)26(10,11)12/h13-16,19-20H,1-12H3. The molecular weight excluding hydrogens is 432 g/mol. The summed E-state index contributed by atoms with van der Waals surface area (Å²) in [5.41, 5.74) is -0.696. The molecule has 0 aliphatic rings. The van der Waals surface area contributed by atoms with Crippen molar-refractivity contribution in [3.05, 3.63) is 24.3 Å². The van der Waals surface area contributed by atoms with Crippen LogP contribution in [0, 0.1) is 33.5 Å². The smallest absolute Gasteiger partial charge is 0.355 e. The highest BCUT2D eigenvalue weighted by molar-refractivity contribution is 6.51. The lowest BCUT2D eigenvalue weighted by molar-refractivity contribution is -0.148. The first-order chi connectivity index (χ1) is 14.2. The Morgan fingerprint density at radius 2 is 0.781 bits per heavy atom. The number of benzene rings is 1. The van der Waals surface area contributed by atoms with Gasteiger partial charge >= 0.3 is 19.5 Å². The molecule has 0 N–H and O–H groups in total. The van der Waals surface area contributed by atoms with E-state index in [4.69, 9.17) is 8.85 Å². The summed E-state index contributed by atoms with van der Waals surface area (Å²) in [7, 11) is -0.0880. The van der Waals surface area contributed by atoms with Crippen LogP contribution in [0.15, 0.2) is 24.3 Å². The SMILES string of the molecule is CC(C)(C)C(C(=O)O[Si]c1ccc([Si]OC(=O)C(C(C)(C)C)C(C)(C)C)cc1)C(C)(C)C. The Kier molecular flexibility index (Phi) is 9.17. The normalized spacial score (nSPS) is 13.4. The van der Waals surface area contributed by atoms with Crippen LogP contribution in [0.25, 0.3) is 0 Å². The van der Waals surface area contributed by atoms with Gasteiger partial charge in [-0.3, -0.25) is 9.59 Å². The molecule has 178 valence electrons. The molecular formula is C26H42O4Si2. The van der Waals surface area contributed by atoms with Crippen molar-refractivity contribution in [2.45, 2.75) is 83.1 Å². The predicted octanol–water partition coefficient (Wildman–Crippen LogP) is 4.68. The van der Waals surface area contributed by atoms with E-state index >= 15 is 0 Å². The van der Waals surface area contributed by atoms with Crippen molar-refractivity contribution >= 4 is 41.8 Å². The second-order valence-corrected chi connectivity index (χ2v) is 14.9. The molecule has 0 fully saturated rings. The molecule has 4 radical (unpaired) electrons. The van der Waals surface area contributed by atoms with Gasteiger partial charge in [0.05, 0.1) is 11.8 Å². The monoisotopic (exact) mass is 474 g/mol. The number of hydrogen-bond donors (Lipinski definition) is 0. The fourth-order valence-electron chi connectivity index (χ4n) is 4.95. The lowest BCUT2D eigenvalue weighted by Gasteiger charge is -2.38. The maximum atomic E-state index is 12.8. The van der Waals surface area contributed by atoms with Crippen LogP contribution < -0.4 is 10.4 Å². The number of carbonyl (C=O) groups excluding carboxylic acids is 2.